The predicted molar refractivity (Wildman–Crippen MR) is 77.1 cm³/mol. The van der Waals surface area contributed by atoms with Crippen LogP contribution < -0.4 is 15.2 Å². The average Bonchev–Trinajstić information content (AvgIpc) is 2.41. The number of nitrogen functional groups attached to an aromatic ring is 1. The summed E-state index contributed by atoms with van der Waals surface area (Å²) in [6, 6.07) is 9.43. The van der Waals surface area contributed by atoms with Gasteiger partial charge in [0.15, 0.2) is 0 Å². The summed E-state index contributed by atoms with van der Waals surface area (Å²) in [4.78, 5) is 3.92. The molecule has 20 heavy (non-hydrogen) atoms. The quantitative estimate of drug-likeness (QED) is 0.821. The lowest BCUT2D eigenvalue weighted by Crippen LogP contribution is -2.15. The molecule has 0 atom stereocenters. The van der Waals surface area contributed by atoms with Gasteiger partial charge in [-0.15, -0.1) is 0 Å². The molecule has 1 aromatic carbocycles. The molecule has 0 radical (unpaired) electrons. The second-order valence-electron chi connectivity index (χ2n) is 3.96. The maximum absolute atomic E-state index is 12.4. The van der Waals surface area contributed by atoms with E-state index in [0.29, 0.717) is 12.3 Å². The van der Waals surface area contributed by atoms with Crippen molar-refractivity contribution in [1.29, 1.82) is 0 Å². The van der Waals surface area contributed by atoms with E-state index in [9.17, 15) is 8.42 Å². The normalized spacial score (nSPS) is 11.1. The smallest absolute Gasteiger partial charge is 0.266 e. The lowest BCUT2D eigenvalue weighted by Gasteiger charge is -2.12. The Kier molecular flexibility index (Phi) is 4.09. The van der Waals surface area contributed by atoms with E-state index in [1.165, 1.54) is 18.3 Å². The molecule has 0 saturated heterocycles. The summed E-state index contributed by atoms with van der Waals surface area (Å²) in [6.45, 7) is 2.13. The Hall–Kier alpha value is -2.28. The topological polar surface area (TPSA) is 94.3 Å². The number of benzene rings is 1. The van der Waals surface area contributed by atoms with E-state index >= 15 is 0 Å². The Labute approximate surface area is 117 Å². The third-order valence-electron chi connectivity index (χ3n) is 2.46. The molecule has 0 unspecified atom stereocenters. The summed E-state index contributed by atoms with van der Waals surface area (Å²) < 4.78 is 32.4. The number of hydrogen-bond donors (Lipinski definition) is 2. The molecule has 106 valence electrons. The third kappa shape index (κ3) is 3.18. The van der Waals surface area contributed by atoms with Crippen molar-refractivity contribution in [3.8, 4) is 5.75 Å². The lowest BCUT2D eigenvalue weighted by molar-refractivity contribution is 0.331. The van der Waals surface area contributed by atoms with E-state index in [0.717, 1.165) is 0 Å². The van der Waals surface area contributed by atoms with Crippen LogP contribution in [0, 0.1) is 0 Å². The highest BCUT2D eigenvalue weighted by molar-refractivity contribution is 7.92. The zero-order valence-electron chi connectivity index (χ0n) is 10.9. The number of nitrogens with one attached hydrogen (secondary N) is 1. The number of aromatic nitrogens is 1. The number of ether oxygens (including phenoxy) is 1. The molecule has 0 amide bonds. The molecule has 0 spiro atoms. The molecule has 1 heterocycles. The van der Waals surface area contributed by atoms with Crippen molar-refractivity contribution in [2.24, 2.45) is 0 Å². The van der Waals surface area contributed by atoms with Gasteiger partial charge in [-0.3, -0.25) is 4.72 Å². The molecule has 2 rings (SSSR count). The fourth-order valence-corrected chi connectivity index (χ4v) is 2.81. The standard InChI is InChI=1S/C13H15N3O3S/c1-2-19-11-7-6-10(14)9-12(11)20(17,18)16-13-5-3-4-8-15-13/h3-9H,2,14H2,1H3,(H,15,16). The van der Waals surface area contributed by atoms with Crippen LogP contribution in [-0.2, 0) is 10.0 Å². The van der Waals surface area contributed by atoms with E-state index < -0.39 is 10.0 Å². The number of rotatable bonds is 5. The first kappa shape index (κ1) is 14.1. The first-order chi connectivity index (χ1) is 9.53. The molecule has 0 fully saturated rings. The van der Waals surface area contributed by atoms with Crippen molar-refractivity contribution in [3.05, 3.63) is 42.6 Å². The third-order valence-corrected chi connectivity index (χ3v) is 3.84. The monoisotopic (exact) mass is 293 g/mol. The second-order valence-corrected chi connectivity index (χ2v) is 5.61. The molecule has 7 heteroatoms. The van der Waals surface area contributed by atoms with Gasteiger partial charge in [0.05, 0.1) is 6.61 Å². The van der Waals surface area contributed by atoms with Crippen LogP contribution in [0.4, 0.5) is 11.5 Å². The van der Waals surface area contributed by atoms with Gasteiger partial charge < -0.3 is 10.5 Å². The Bertz CT molecular complexity index is 687. The summed E-state index contributed by atoms with van der Waals surface area (Å²) in [5, 5.41) is 0. The number of nitrogens with zero attached hydrogens (tertiary/aromatic N) is 1. The molecule has 1 aromatic heterocycles. The van der Waals surface area contributed by atoms with E-state index in [4.69, 9.17) is 10.5 Å². The first-order valence-electron chi connectivity index (χ1n) is 5.99. The van der Waals surface area contributed by atoms with Crippen molar-refractivity contribution >= 4 is 21.5 Å². The highest BCUT2D eigenvalue weighted by Crippen LogP contribution is 2.27. The summed E-state index contributed by atoms with van der Waals surface area (Å²) in [6.07, 6.45) is 1.50. The zero-order chi connectivity index (χ0) is 14.6. The number of nitrogens with two attached hydrogens (primary N) is 1. The zero-order valence-corrected chi connectivity index (χ0v) is 11.7. The molecule has 0 aliphatic carbocycles. The van der Waals surface area contributed by atoms with Gasteiger partial charge in [-0.05, 0) is 37.3 Å². The molecule has 0 bridgehead atoms. The Balaban J connectivity index is 2.41. The predicted octanol–water partition coefficient (Wildman–Crippen LogP) is 1.86. The van der Waals surface area contributed by atoms with Gasteiger partial charge in [-0.25, -0.2) is 13.4 Å². The molecule has 0 saturated carbocycles. The maximum Gasteiger partial charge on any atom is 0.266 e. The molecule has 0 aliphatic heterocycles. The van der Waals surface area contributed by atoms with Crippen molar-refractivity contribution in [2.45, 2.75) is 11.8 Å². The summed E-state index contributed by atoms with van der Waals surface area (Å²) in [5.74, 6) is 0.488. The molecular formula is C13H15N3O3S. The van der Waals surface area contributed by atoms with E-state index in [-0.39, 0.29) is 16.5 Å². The van der Waals surface area contributed by atoms with E-state index in [1.54, 1.807) is 31.2 Å². The van der Waals surface area contributed by atoms with Crippen molar-refractivity contribution in [2.75, 3.05) is 17.1 Å². The fraction of sp³-hybridized carbons (Fsp3) is 0.154. The van der Waals surface area contributed by atoms with Crippen molar-refractivity contribution < 1.29 is 13.2 Å². The maximum atomic E-state index is 12.4. The van der Waals surface area contributed by atoms with Gasteiger partial charge >= 0.3 is 0 Å². The SMILES string of the molecule is CCOc1ccc(N)cc1S(=O)(=O)Nc1ccccn1. The van der Waals surface area contributed by atoms with Crippen LogP contribution in [0.15, 0.2) is 47.5 Å². The Morgan fingerprint density at radius 3 is 2.75 bits per heavy atom. The minimum Gasteiger partial charge on any atom is -0.492 e. The molecule has 3 N–H and O–H groups in total. The van der Waals surface area contributed by atoms with Crippen LogP contribution in [-0.4, -0.2) is 20.0 Å². The van der Waals surface area contributed by atoms with Gasteiger partial charge in [0.2, 0.25) is 0 Å². The molecule has 6 nitrogen and oxygen atoms in total. The molecular weight excluding hydrogens is 278 g/mol. The molecule has 2 aromatic rings. The fourth-order valence-electron chi connectivity index (χ4n) is 1.63. The average molecular weight is 293 g/mol. The number of pyridine rings is 1. The van der Waals surface area contributed by atoms with Crippen LogP contribution in [0.2, 0.25) is 0 Å². The van der Waals surface area contributed by atoms with Crippen LogP contribution >= 0.6 is 0 Å². The van der Waals surface area contributed by atoms with Crippen LogP contribution in [0.25, 0.3) is 0 Å². The van der Waals surface area contributed by atoms with Crippen LogP contribution in [0.3, 0.4) is 0 Å². The van der Waals surface area contributed by atoms with Gasteiger partial charge in [0.25, 0.3) is 10.0 Å². The van der Waals surface area contributed by atoms with E-state index in [2.05, 4.69) is 9.71 Å². The number of hydrogen-bond acceptors (Lipinski definition) is 5. The summed E-state index contributed by atoms with van der Waals surface area (Å²) in [5.41, 5.74) is 5.99. The minimum atomic E-state index is -3.81. The number of anilines is 2. The van der Waals surface area contributed by atoms with Crippen molar-refractivity contribution in [1.82, 2.24) is 4.98 Å². The molecule has 0 aliphatic rings. The Morgan fingerprint density at radius 2 is 2.10 bits per heavy atom. The highest BCUT2D eigenvalue weighted by atomic mass is 32.2. The lowest BCUT2D eigenvalue weighted by atomic mass is 10.3. The van der Waals surface area contributed by atoms with Gasteiger partial charge in [-0.2, -0.15) is 0 Å². The van der Waals surface area contributed by atoms with Crippen LogP contribution in [0.1, 0.15) is 6.92 Å². The van der Waals surface area contributed by atoms with Crippen LogP contribution in [0.5, 0.6) is 5.75 Å². The largest absolute Gasteiger partial charge is 0.492 e. The second kappa shape index (κ2) is 5.79. The highest BCUT2D eigenvalue weighted by Gasteiger charge is 2.20. The number of sulfonamides is 1. The minimum absolute atomic E-state index is 0.00926. The first-order valence-corrected chi connectivity index (χ1v) is 7.47. The summed E-state index contributed by atoms with van der Waals surface area (Å²) in [7, 11) is -3.81. The van der Waals surface area contributed by atoms with Crippen molar-refractivity contribution in [3.63, 3.8) is 0 Å². The van der Waals surface area contributed by atoms with Gasteiger partial charge in [-0.1, -0.05) is 6.07 Å². The summed E-state index contributed by atoms with van der Waals surface area (Å²) >= 11 is 0. The van der Waals surface area contributed by atoms with E-state index in [1.807, 2.05) is 0 Å². The Morgan fingerprint density at radius 1 is 1.30 bits per heavy atom. The van der Waals surface area contributed by atoms with Gasteiger partial charge in [0.1, 0.15) is 16.5 Å². The van der Waals surface area contributed by atoms with Gasteiger partial charge in [0, 0.05) is 11.9 Å².